The van der Waals surface area contributed by atoms with Crippen molar-refractivity contribution < 1.29 is 4.74 Å². The van der Waals surface area contributed by atoms with E-state index < -0.39 is 5.41 Å². The Morgan fingerprint density at radius 1 is 1.00 bits per heavy atom. The number of hydrogen-bond donors (Lipinski definition) is 0. The largest absolute Gasteiger partial charge is 0.497 e. The van der Waals surface area contributed by atoms with E-state index in [9.17, 15) is 5.26 Å². The molecule has 5 rings (SSSR count). The predicted octanol–water partition coefficient (Wildman–Crippen LogP) is 3.75. The van der Waals surface area contributed by atoms with Gasteiger partial charge in [0.15, 0.2) is 0 Å². The minimum Gasteiger partial charge on any atom is -0.497 e. The smallest absolute Gasteiger partial charge is 0.115 e. The molecule has 100 valence electrons. The van der Waals surface area contributed by atoms with Gasteiger partial charge in [-0.3, -0.25) is 0 Å². The average molecular weight is 271 g/mol. The van der Waals surface area contributed by atoms with Crippen molar-refractivity contribution in [3.8, 4) is 17.2 Å². The Morgan fingerprint density at radius 3 is 2.62 bits per heavy atom. The third-order valence-electron chi connectivity index (χ3n) is 5.36. The number of ether oxygens (including phenoxy) is 1. The molecule has 3 aliphatic rings. The molecule has 1 heterocycles. The molecule has 2 heteroatoms. The zero-order chi connectivity index (χ0) is 14.0. The first-order valence-corrected chi connectivity index (χ1v) is 7.30. The monoisotopic (exact) mass is 271 g/mol. The highest BCUT2D eigenvalue weighted by molar-refractivity contribution is 5.79. The van der Waals surface area contributed by atoms with Crippen molar-refractivity contribution in [3.63, 3.8) is 0 Å². The molecule has 0 amide bonds. The molecule has 2 aromatic carbocycles. The second-order valence-corrected chi connectivity index (χ2v) is 6.05. The third-order valence-corrected chi connectivity index (χ3v) is 5.36. The van der Waals surface area contributed by atoms with Gasteiger partial charge in [0.05, 0.1) is 12.3 Å². The van der Waals surface area contributed by atoms with E-state index in [0.29, 0.717) is 0 Å². The molecule has 0 radical (unpaired) electrons. The van der Waals surface area contributed by atoms with Gasteiger partial charge in [0.25, 0.3) is 0 Å². The second-order valence-electron chi connectivity index (χ2n) is 6.05. The van der Waals surface area contributed by atoms with Crippen LogP contribution in [0.3, 0.4) is 0 Å². The van der Waals surface area contributed by atoms with Crippen LogP contribution in [0, 0.1) is 17.2 Å². The molecule has 0 saturated heterocycles. The summed E-state index contributed by atoms with van der Waals surface area (Å²) in [6, 6.07) is 19.4. The van der Waals surface area contributed by atoms with E-state index in [4.69, 9.17) is 4.74 Å². The van der Waals surface area contributed by atoms with Crippen LogP contribution in [0.2, 0.25) is 0 Å². The van der Waals surface area contributed by atoms with E-state index >= 15 is 0 Å². The molecule has 21 heavy (non-hydrogen) atoms. The van der Waals surface area contributed by atoms with E-state index in [0.717, 1.165) is 5.56 Å². The number of fused-ring (bicyclic) bond motifs is 9. The zero-order valence-corrected chi connectivity index (χ0v) is 11.4. The Bertz CT molecular complexity index is 831. The van der Waals surface area contributed by atoms with Crippen molar-refractivity contribution in [3.05, 3.63) is 72.0 Å². The maximum atomic E-state index is 10.1. The molecule has 2 nitrogen and oxygen atoms in total. The van der Waals surface area contributed by atoms with Crippen LogP contribution in [0.15, 0.2) is 60.9 Å². The number of rotatable bonds is 0. The van der Waals surface area contributed by atoms with E-state index in [2.05, 4.69) is 54.6 Å². The third kappa shape index (κ3) is 1.07. The van der Waals surface area contributed by atoms with Gasteiger partial charge in [0, 0.05) is 11.8 Å². The van der Waals surface area contributed by atoms with Crippen LogP contribution in [-0.4, -0.2) is 6.10 Å². The molecular weight excluding hydrogens is 258 g/mol. The molecule has 0 bridgehead atoms. The summed E-state index contributed by atoms with van der Waals surface area (Å²) in [5.74, 6) is 0.301. The number of hydrogen-bond acceptors (Lipinski definition) is 2. The molecule has 0 spiro atoms. The predicted molar refractivity (Wildman–Crippen MR) is 79.4 cm³/mol. The second kappa shape index (κ2) is 3.56. The normalized spacial score (nSPS) is 33.6. The van der Waals surface area contributed by atoms with Crippen LogP contribution in [0.1, 0.15) is 17.0 Å². The molecule has 1 saturated carbocycles. The van der Waals surface area contributed by atoms with Crippen molar-refractivity contribution in [1.29, 1.82) is 5.26 Å². The molecule has 2 aliphatic carbocycles. The number of nitriles is 1. The van der Waals surface area contributed by atoms with Gasteiger partial charge in [-0.25, -0.2) is 0 Å². The van der Waals surface area contributed by atoms with Gasteiger partial charge >= 0.3 is 0 Å². The zero-order valence-electron chi connectivity index (χ0n) is 11.4. The summed E-state index contributed by atoms with van der Waals surface area (Å²) >= 11 is 0. The van der Waals surface area contributed by atoms with Crippen LogP contribution in [-0.2, 0) is 10.2 Å². The van der Waals surface area contributed by atoms with Crippen molar-refractivity contribution in [1.82, 2.24) is 0 Å². The SMILES string of the molecule is N#C[C@]12c3ccccc3-c3ccccc3[C@H]1[C@@H]1OC=C[C@@H]12. The molecule has 4 atom stereocenters. The summed E-state index contributed by atoms with van der Waals surface area (Å²) < 4.78 is 5.79. The van der Waals surface area contributed by atoms with Gasteiger partial charge in [0.1, 0.15) is 11.5 Å². The van der Waals surface area contributed by atoms with Crippen molar-refractivity contribution >= 4 is 0 Å². The minimum absolute atomic E-state index is 0.110. The molecule has 2 aromatic rings. The summed E-state index contributed by atoms with van der Waals surface area (Å²) in [6.45, 7) is 0. The Labute approximate surface area is 123 Å². The van der Waals surface area contributed by atoms with Gasteiger partial charge in [-0.2, -0.15) is 5.26 Å². The minimum atomic E-state index is -0.470. The standard InChI is InChI=1S/C19H13NO/c20-11-19-15-8-4-3-6-13(15)12-5-1-2-7-14(12)17(19)18-16(19)9-10-21-18/h1-10,16-18H/t16-,17-,18+,19+/m0/s1. The van der Waals surface area contributed by atoms with Gasteiger partial charge in [-0.1, -0.05) is 48.5 Å². The van der Waals surface area contributed by atoms with E-state index in [1.807, 2.05) is 6.07 Å². The Balaban J connectivity index is 1.89. The van der Waals surface area contributed by atoms with E-state index in [1.54, 1.807) is 6.26 Å². The van der Waals surface area contributed by atoms with Crippen molar-refractivity contribution in [2.75, 3.05) is 0 Å². The van der Waals surface area contributed by atoms with Crippen LogP contribution >= 0.6 is 0 Å². The molecule has 0 unspecified atom stereocenters. The lowest BCUT2D eigenvalue weighted by molar-refractivity contribution is -0.0211. The van der Waals surface area contributed by atoms with Gasteiger partial charge < -0.3 is 4.74 Å². The van der Waals surface area contributed by atoms with Crippen molar-refractivity contribution in [2.24, 2.45) is 5.92 Å². The quantitative estimate of drug-likeness (QED) is 0.731. The van der Waals surface area contributed by atoms with Gasteiger partial charge in [-0.15, -0.1) is 0 Å². The van der Waals surface area contributed by atoms with Crippen LogP contribution < -0.4 is 0 Å². The Hall–Kier alpha value is -2.53. The highest BCUT2D eigenvalue weighted by Gasteiger charge is 2.68. The van der Waals surface area contributed by atoms with Gasteiger partial charge in [-0.05, 0) is 28.3 Å². The Kier molecular flexibility index (Phi) is 1.89. The molecular formula is C19H13NO. The van der Waals surface area contributed by atoms with E-state index in [-0.39, 0.29) is 17.9 Å². The summed E-state index contributed by atoms with van der Waals surface area (Å²) in [4.78, 5) is 0. The lowest BCUT2D eigenvalue weighted by Gasteiger charge is -2.56. The molecule has 1 aliphatic heterocycles. The summed E-state index contributed by atoms with van der Waals surface area (Å²) in [5.41, 5.74) is 4.39. The fourth-order valence-corrected chi connectivity index (χ4v) is 4.53. The first-order valence-electron chi connectivity index (χ1n) is 7.30. The lowest BCUT2D eigenvalue weighted by Crippen LogP contribution is -2.60. The topological polar surface area (TPSA) is 33.0 Å². The summed E-state index contributed by atoms with van der Waals surface area (Å²) in [5, 5.41) is 10.1. The first-order chi connectivity index (χ1) is 10.4. The highest BCUT2D eigenvalue weighted by Crippen LogP contribution is 2.66. The van der Waals surface area contributed by atoms with Crippen LogP contribution in [0.5, 0.6) is 0 Å². The van der Waals surface area contributed by atoms with Crippen LogP contribution in [0.4, 0.5) is 0 Å². The van der Waals surface area contributed by atoms with E-state index in [1.165, 1.54) is 16.7 Å². The number of nitrogens with zero attached hydrogens (tertiary/aromatic N) is 1. The fraction of sp³-hybridized carbons (Fsp3) is 0.211. The van der Waals surface area contributed by atoms with Crippen LogP contribution in [0.25, 0.3) is 11.1 Å². The Morgan fingerprint density at radius 2 is 1.76 bits per heavy atom. The summed E-state index contributed by atoms with van der Waals surface area (Å²) in [7, 11) is 0. The maximum Gasteiger partial charge on any atom is 0.115 e. The molecule has 0 N–H and O–H groups in total. The first kappa shape index (κ1) is 11.2. The molecule has 0 aromatic heterocycles. The molecule has 1 fully saturated rings. The fourth-order valence-electron chi connectivity index (χ4n) is 4.53. The van der Waals surface area contributed by atoms with Crippen molar-refractivity contribution in [2.45, 2.75) is 17.4 Å². The number of benzene rings is 2. The van der Waals surface area contributed by atoms with Gasteiger partial charge in [0.2, 0.25) is 0 Å². The maximum absolute atomic E-state index is 10.1. The highest BCUT2D eigenvalue weighted by atomic mass is 16.5. The lowest BCUT2D eigenvalue weighted by atomic mass is 9.44. The average Bonchev–Trinajstić information content (AvgIpc) is 2.95. The summed E-state index contributed by atoms with van der Waals surface area (Å²) in [6.07, 6.45) is 3.95.